The van der Waals surface area contributed by atoms with Gasteiger partial charge >= 0.3 is 0 Å². The lowest BCUT2D eigenvalue weighted by atomic mass is 10.3. The average Bonchev–Trinajstić information content (AvgIpc) is 3.00. The summed E-state index contributed by atoms with van der Waals surface area (Å²) in [7, 11) is 0. The summed E-state index contributed by atoms with van der Waals surface area (Å²) in [6, 6.07) is -0.321. The van der Waals surface area contributed by atoms with Crippen LogP contribution in [0.1, 0.15) is 6.42 Å². The number of pyridine rings is 1. The van der Waals surface area contributed by atoms with Crippen LogP contribution in [0.4, 0.5) is 14.6 Å². The number of alkyl halides is 1. The van der Waals surface area contributed by atoms with Crippen molar-refractivity contribution in [3.63, 3.8) is 0 Å². The Balaban J connectivity index is 2.15. The van der Waals surface area contributed by atoms with Gasteiger partial charge < -0.3 is 5.32 Å². The zero-order valence-corrected chi connectivity index (χ0v) is 10.3. The molecule has 94 valence electrons. The van der Waals surface area contributed by atoms with Crippen molar-refractivity contribution in [1.29, 1.82) is 0 Å². The Kier molecular flexibility index (Phi) is 2.71. The summed E-state index contributed by atoms with van der Waals surface area (Å²) in [4.78, 5) is 11.4. The van der Waals surface area contributed by atoms with E-state index >= 15 is 0 Å². The van der Waals surface area contributed by atoms with E-state index in [9.17, 15) is 8.78 Å². The Hall–Kier alpha value is -1.27. The largest absolute Gasteiger partial charge is 0.364 e. The molecule has 1 N–H and O–H groups in total. The molecule has 2 aromatic rings. The van der Waals surface area contributed by atoms with Crippen molar-refractivity contribution in [3.8, 4) is 0 Å². The van der Waals surface area contributed by atoms with E-state index in [0.29, 0.717) is 11.8 Å². The molecule has 2 aromatic heterocycles. The number of rotatable bonds is 2. The van der Waals surface area contributed by atoms with Crippen LogP contribution >= 0.6 is 23.2 Å². The smallest absolute Gasteiger partial charge is 0.225 e. The fourth-order valence-corrected chi connectivity index (χ4v) is 1.91. The first kappa shape index (κ1) is 11.8. The molecule has 0 bridgehead atoms. The second kappa shape index (κ2) is 4.13. The lowest BCUT2D eigenvalue weighted by Gasteiger charge is -2.08. The van der Waals surface area contributed by atoms with Crippen LogP contribution in [0.3, 0.4) is 0 Å². The zero-order chi connectivity index (χ0) is 12.9. The number of halogens is 4. The molecule has 0 unspecified atom stereocenters. The van der Waals surface area contributed by atoms with Gasteiger partial charge in [0.15, 0.2) is 11.0 Å². The molecule has 0 radical (unpaired) electrons. The van der Waals surface area contributed by atoms with Gasteiger partial charge in [0.25, 0.3) is 0 Å². The van der Waals surface area contributed by atoms with Crippen LogP contribution in [-0.2, 0) is 0 Å². The van der Waals surface area contributed by atoms with Crippen molar-refractivity contribution < 1.29 is 8.78 Å². The molecular formula is C10H6Cl2F2N4. The number of fused-ring (bicyclic) bond motifs is 1. The van der Waals surface area contributed by atoms with Crippen molar-refractivity contribution in [1.82, 2.24) is 15.0 Å². The highest BCUT2D eigenvalue weighted by Crippen LogP contribution is 2.32. The Labute approximate surface area is 110 Å². The molecule has 0 spiro atoms. The summed E-state index contributed by atoms with van der Waals surface area (Å²) in [5.74, 6) is -0.507. The van der Waals surface area contributed by atoms with Crippen molar-refractivity contribution in [2.45, 2.75) is 18.6 Å². The van der Waals surface area contributed by atoms with Crippen LogP contribution in [0.25, 0.3) is 10.9 Å². The van der Waals surface area contributed by atoms with Gasteiger partial charge in [0.05, 0.1) is 11.4 Å². The number of hydrogen-bond donors (Lipinski definition) is 1. The summed E-state index contributed by atoms with van der Waals surface area (Å²) in [6.45, 7) is 0. The van der Waals surface area contributed by atoms with Crippen LogP contribution in [-0.4, -0.2) is 27.2 Å². The van der Waals surface area contributed by atoms with E-state index < -0.39 is 12.0 Å². The first-order chi connectivity index (χ1) is 8.56. The molecule has 1 aliphatic carbocycles. The molecule has 1 aliphatic rings. The van der Waals surface area contributed by atoms with Crippen LogP contribution in [0.15, 0.2) is 6.20 Å². The fourth-order valence-electron chi connectivity index (χ4n) is 1.61. The molecule has 8 heteroatoms. The molecule has 0 aromatic carbocycles. The zero-order valence-electron chi connectivity index (χ0n) is 8.79. The summed E-state index contributed by atoms with van der Waals surface area (Å²) in [5, 5.41) is 2.73. The minimum Gasteiger partial charge on any atom is -0.364 e. The summed E-state index contributed by atoms with van der Waals surface area (Å²) >= 11 is 11.3. The van der Waals surface area contributed by atoms with Gasteiger partial charge in [-0.1, -0.05) is 11.6 Å². The molecule has 18 heavy (non-hydrogen) atoms. The molecule has 1 saturated carbocycles. The number of nitrogens with one attached hydrogen (secondary N) is 1. The highest BCUT2D eigenvalue weighted by Gasteiger charge is 2.38. The van der Waals surface area contributed by atoms with Gasteiger partial charge in [0.1, 0.15) is 17.5 Å². The maximum Gasteiger partial charge on any atom is 0.225 e. The van der Waals surface area contributed by atoms with Crippen molar-refractivity contribution in [3.05, 3.63) is 22.5 Å². The van der Waals surface area contributed by atoms with Crippen molar-refractivity contribution in [2.24, 2.45) is 0 Å². The molecule has 2 atom stereocenters. The minimum absolute atomic E-state index is 0.0337. The van der Waals surface area contributed by atoms with E-state index in [1.54, 1.807) is 0 Å². The standard InChI is InChI=1S/C10H6Cl2F2N4/c11-8-6(14)7-3(2-15-8)9(18-10(12)17-7)16-5-1-4(5)13/h2,4-5H,1H2,(H,16,17,18)/t4-,5-/m1/s1. The normalized spacial score (nSPS) is 22.2. The van der Waals surface area contributed by atoms with E-state index in [-0.39, 0.29) is 27.8 Å². The topological polar surface area (TPSA) is 50.7 Å². The van der Waals surface area contributed by atoms with E-state index in [1.165, 1.54) is 6.20 Å². The van der Waals surface area contributed by atoms with Crippen LogP contribution < -0.4 is 5.32 Å². The maximum absolute atomic E-state index is 13.7. The third-order valence-corrected chi connectivity index (χ3v) is 3.08. The van der Waals surface area contributed by atoms with E-state index in [1.807, 2.05) is 0 Å². The molecule has 0 saturated heterocycles. The lowest BCUT2D eigenvalue weighted by Crippen LogP contribution is -2.08. The van der Waals surface area contributed by atoms with E-state index in [2.05, 4.69) is 20.3 Å². The second-order valence-electron chi connectivity index (χ2n) is 3.97. The van der Waals surface area contributed by atoms with Gasteiger partial charge in [-0.25, -0.2) is 23.7 Å². The predicted molar refractivity (Wildman–Crippen MR) is 64.2 cm³/mol. The number of aromatic nitrogens is 3. The third kappa shape index (κ3) is 1.95. The number of anilines is 1. The first-order valence-electron chi connectivity index (χ1n) is 5.14. The van der Waals surface area contributed by atoms with Crippen LogP contribution in [0.2, 0.25) is 10.4 Å². The summed E-state index contributed by atoms with van der Waals surface area (Å²) in [6.07, 6.45) is 0.806. The van der Waals surface area contributed by atoms with Crippen LogP contribution in [0.5, 0.6) is 0 Å². The summed E-state index contributed by atoms with van der Waals surface area (Å²) < 4.78 is 26.6. The quantitative estimate of drug-likeness (QED) is 0.682. The van der Waals surface area contributed by atoms with Gasteiger partial charge in [0.2, 0.25) is 5.28 Å². The van der Waals surface area contributed by atoms with E-state index in [0.717, 1.165) is 0 Å². The lowest BCUT2D eigenvalue weighted by molar-refractivity contribution is 0.472. The van der Waals surface area contributed by atoms with Crippen molar-refractivity contribution >= 4 is 39.9 Å². The van der Waals surface area contributed by atoms with Gasteiger partial charge in [-0.2, -0.15) is 0 Å². The Bertz CT molecular complexity index is 637. The molecule has 3 rings (SSSR count). The molecule has 4 nitrogen and oxygen atoms in total. The predicted octanol–water partition coefficient (Wildman–Crippen LogP) is 2.99. The maximum atomic E-state index is 13.7. The molecule has 0 aliphatic heterocycles. The Morgan fingerprint density at radius 3 is 2.72 bits per heavy atom. The number of nitrogens with zero attached hydrogens (tertiary/aromatic N) is 3. The average molecular weight is 291 g/mol. The van der Waals surface area contributed by atoms with Crippen molar-refractivity contribution in [2.75, 3.05) is 5.32 Å². The summed E-state index contributed by atoms with van der Waals surface area (Å²) in [5.41, 5.74) is -0.0337. The van der Waals surface area contributed by atoms with E-state index in [4.69, 9.17) is 23.2 Å². The van der Waals surface area contributed by atoms with Crippen LogP contribution in [0, 0.1) is 5.82 Å². The highest BCUT2D eigenvalue weighted by atomic mass is 35.5. The molecular weight excluding hydrogens is 285 g/mol. The molecule has 2 heterocycles. The van der Waals surface area contributed by atoms with Gasteiger partial charge in [0, 0.05) is 12.6 Å². The van der Waals surface area contributed by atoms with Gasteiger partial charge in [-0.15, -0.1) is 0 Å². The number of hydrogen-bond acceptors (Lipinski definition) is 4. The third-order valence-electron chi connectivity index (χ3n) is 2.65. The highest BCUT2D eigenvalue weighted by molar-refractivity contribution is 6.30. The monoisotopic (exact) mass is 290 g/mol. The minimum atomic E-state index is -0.918. The first-order valence-corrected chi connectivity index (χ1v) is 5.89. The second-order valence-corrected chi connectivity index (χ2v) is 4.67. The van der Waals surface area contributed by atoms with Gasteiger partial charge in [-0.05, 0) is 11.6 Å². The Morgan fingerprint density at radius 2 is 2.06 bits per heavy atom. The Morgan fingerprint density at radius 1 is 1.33 bits per heavy atom. The SMILES string of the molecule is Fc1c(Cl)ncc2c(N[C@@H]3C[C@H]3F)nc(Cl)nc12. The fraction of sp³-hybridized carbons (Fsp3) is 0.300. The van der Waals surface area contributed by atoms with Gasteiger partial charge in [-0.3, -0.25) is 0 Å². The molecule has 1 fully saturated rings. The molecule has 0 amide bonds.